The van der Waals surface area contributed by atoms with E-state index in [1.807, 2.05) is 49.4 Å². The molecule has 0 atom stereocenters. The fraction of sp³-hybridized carbons (Fsp3) is 0.300. The molecule has 0 aliphatic heterocycles. The van der Waals surface area contributed by atoms with Gasteiger partial charge in [-0.15, -0.1) is 0 Å². The Morgan fingerprint density at radius 1 is 1.12 bits per heavy atom. The number of halogens is 2. The SMILES string of the molecule is CCOC(=O)/C(CC)=N/N(Cc1ccccc1CF)c1ccc(Br)cc1. The average molecular weight is 421 g/mol. The number of hydrogen-bond acceptors (Lipinski definition) is 4. The molecule has 0 amide bonds. The Morgan fingerprint density at radius 3 is 2.35 bits per heavy atom. The molecular weight excluding hydrogens is 399 g/mol. The number of alkyl halides is 1. The molecule has 0 heterocycles. The molecule has 4 nitrogen and oxygen atoms in total. The summed E-state index contributed by atoms with van der Waals surface area (Å²) >= 11 is 3.41. The Labute approximate surface area is 161 Å². The van der Waals surface area contributed by atoms with E-state index in [1.165, 1.54) is 0 Å². The lowest BCUT2D eigenvalue weighted by molar-refractivity contribution is -0.135. The Hall–Kier alpha value is -2.21. The van der Waals surface area contributed by atoms with E-state index < -0.39 is 12.6 Å². The fourth-order valence-corrected chi connectivity index (χ4v) is 2.68. The molecule has 0 aliphatic carbocycles. The van der Waals surface area contributed by atoms with Crippen molar-refractivity contribution in [3.63, 3.8) is 0 Å². The molecule has 0 fully saturated rings. The largest absolute Gasteiger partial charge is 0.461 e. The number of hydrazone groups is 1. The molecule has 138 valence electrons. The van der Waals surface area contributed by atoms with Gasteiger partial charge in [-0.25, -0.2) is 9.18 Å². The molecule has 2 aromatic carbocycles. The van der Waals surface area contributed by atoms with Crippen molar-refractivity contribution in [2.45, 2.75) is 33.5 Å². The molecule has 0 aliphatic rings. The van der Waals surface area contributed by atoms with Crippen LogP contribution in [0.25, 0.3) is 0 Å². The van der Waals surface area contributed by atoms with E-state index in [2.05, 4.69) is 21.0 Å². The number of ether oxygens (including phenoxy) is 1. The van der Waals surface area contributed by atoms with Crippen molar-refractivity contribution < 1.29 is 13.9 Å². The molecule has 0 unspecified atom stereocenters. The molecule has 0 radical (unpaired) electrons. The van der Waals surface area contributed by atoms with Gasteiger partial charge in [0, 0.05) is 4.47 Å². The van der Waals surface area contributed by atoms with Crippen LogP contribution in [0.15, 0.2) is 58.1 Å². The predicted molar refractivity (Wildman–Crippen MR) is 106 cm³/mol. The van der Waals surface area contributed by atoms with Crippen molar-refractivity contribution in [1.82, 2.24) is 0 Å². The minimum Gasteiger partial charge on any atom is -0.461 e. The molecule has 0 N–H and O–H groups in total. The van der Waals surface area contributed by atoms with Crippen molar-refractivity contribution in [2.75, 3.05) is 11.6 Å². The van der Waals surface area contributed by atoms with Crippen LogP contribution < -0.4 is 5.01 Å². The molecule has 2 rings (SSSR count). The maximum atomic E-state index is 13.3. The van der Waals surface area contributed by atoms with E-state index >= 15 is 0 Å². The highest BCUT2D eigenvalue weighted by atomic mass is 79.9. The van der Waals surface area contributed by atoms with Gasteiger partial charge in [0.1, 0.15) is 12.4 Å². The van der Waals surface area contributed by atoms with Gasteiger partial charge in [-0.2, -0.15) is 5.10 Å². The van der Waals surface area contributed by atoms with Gasteiger partial charge in [0.2, 0.25) is 0 Å². The van der Waals surface area contributed by atoms with Gasteiger partial charge in [-0.3, -0.25) is 5.01 Å². The van der Waals surface area contributed by atoms with Crippen molar-refractivity contribution >= 4 is 33.3 Å². The highest BCUT2D eigenvalue weighted by Gasteiger charge is 2.15. The lowest BCUT2D eigenvalue weighted by atomic mass is 10.1. The first-order valence-corrected chi connectivity index (χ1v) is 9.28. The molecule has 0 aromatic heterocycles. The van der Waals surface area contributed by atoms with Gasteiger partial charge in [0.05, 0.1) is 18.8 Å². The topological polar surface area (TPSA) is 41.9 Å². The van der Waals surface area contributed by atoms with Crippen LogP contribution in [0.5, 0.6) is 0 Å². The molecular formula is C20H22BrFN2O2. The molecule has 6 heteroatoms. The number of benzene rings is 2. The first kappa shape index (κ1) is 20.1. The number of carbonyl (C=O) groups excluding carboxylic acids is 1. The summed E-state index contributed by atoms with van der Waals surface area (Å²) in [7, 11) is 0. The van der Waals surface area contributed by atoms with Gasteiger partial charge in [-0.05, 0) is 48.7 Å². The fourth-order valence-electron chi connectivity index (χ4n) is 2.42. The van der Waals surface area contributed by atoms with Gasteiger partial charge >= 0.3 is 5.97 Å². The summed E-state index contributed by atoms with van der Waals surface area (Å²) in [5, 5.41) is 6.23. The summed E-state index contributed by atoms with van der Waals surface area (Å²) in [5.74, 6) is -0.434. The zero-order valence-electron chi connectivity index (χ0n) is 14.9. The van der Waals surface area contributed by atoms with Crippen molar-refractivity contribution in [1.29, 1.82) is 0 Å². The first-order valence-electron chi connectivity index (χ1n) is 8.49. The zero-order valence-corrected chi connectivity index (χ0v) is 16.5. The normalized spacial score (nSPS) is 11.3. The average Bonchev–Trinajstić information content (AvgIpc) is 2.66. The van der Waals surface area contributed by atoms with Gasteiger partial charge in [0.25, 0.3) is 0 Å². The summed E-state index contributed by atoms with van der Waals surface area (Å²) in [6.07, 6.45) is 0.441. The van der Waals surface area contributed by atoms with Crippen molar-refractivity contribution in [3.8, 4) is 0 Å². The van der Waals surface area contributed by atoms with Crippen LogP contribution in [-0.2, 0) is 22.8 Å². The Bertz CT molecular complexity index is 763. The second-order valence-corrected chi connectivity index (χ2v) is 6.47. The standard InChI is InChI=1S/C20H22BrFN2O2/c1-3-19(20(25)26-4-2)23-24(18-11-9-17(21)10-12-18)14-16-8-6-5-7-15(16)13-22/h5-12H,3-4,13-14H2,1-2H3/b23-19+. The van der Waals surface area contributed by atoms with Crippen LogP contribution in [0, 0.1) is 0 Å². The smallest absolute Gasteiger partial charge is 0.354 e. The molecule has 0 saturated heterocycles. The zero-order chi connectivity index (χ0) is 18.9. The van der Waals surface area contributed by atoms with Gasteiger partial charge in [-0.1, -0.05) is 47.1 Å². The second kappa shape index (κ2) is 10.1. The third-order valence-corrected chi connectivity index (χ3v) is 4.32. The van der Waals surface area contributed by atoms with Crippen LogP contribution in [0.1, 0.15) is 31.4 Å². The summed E-state index contributed by atoms with van der Waals surface area (Å²) < 4.78 is 19.3. The van der Waals surface area contributed by atoms with E-state index in [0.717, 1.165) is 15.7 Å². The summed E-state index contributed by atoms with van der Waals surface area (Å²) in [6.45, 7) is 3.71. The van der Waals surface area contributed by atoms with Crippen molar-refractivity contribution in [3.05, 3.63) is 64.1 Å². The summed E-state index contributed by atoms with van der Waals surface area (Å²) in [5.41, 5.74) is 2.56. The van der Waals surface area contributed by atoms with Crippen LogP contribution in [0.2, 0.25) is 0 Å². The van der Waals surface area contributed by atoms with E-state index in [9.17, 15) is 9.18 Å². The van der Waals surface area contributed by atoms with Crippen LogP contribution in [-0.4, -0.2) is 18.3 Å². The minimum atomic E-state index is -0.549. The quantitative estimate of drug-likeness (QED) is 0.332. The molecule has 26 heavy (non-hydrogen) atoms. The maximum Gasteiger partial charge on any atom is 0.354 e. The summed E-state index contributed by atoms with van der Waals surface area (Å²) in [4.78, 5) is 12.1. The number of carbonyl (C=O) groups is 1. The van der Waals surface area contributed by atoms with E-state index in [4.69, 9.17) is 4.74 Å². The monoisotopic (exact) mass is 420 g/mol. The number of esters is 1. The van der Waals surface area contributed by atoms with E-state index in [-0.39, 0.29) is 0 Å². The number of anilines is 1. The highest BCUT2D eigenvalue weighted by molar-refractivity contribution is 9.10. The van der Waals surface area contributed by atoms with E-state index in [0.29, 0.717) is 30.8 Å². The predicted octanol–water partition coefficient (Wildman–Crippen LogP) is 5.25. The van der Waals surface area contributed by atoms with Crippen molar-refractivity contribution in [2.24, 2.45) is 5.10 Å². The van der Waals surface area contributed by atoms with Gasteiger partial charge in [0.15, 0.2) is 0 Å². The molecule has 2 aromatic rings. The van der Waals surface area contributed by atoms with Crippen LogP contribution >= 0.6 is 15.9 Å². The highest BCUT2D eigenvalue weighted by Crippen LogP contribution is 2.23. The van der Waals surface area contributed by atoms with E-state index in [1.54, 1.807) is 18.0 Å². The number of rotatable bonds is 8. The number of hydrogen-bond donors (Lipinski definition) is 0. The Kier molecular flexibility index (Phi) is 7.78. The Morgan fingerprint density at radius 2 is 1.77 bits per heavy atom. The second-order valence-electron chi connectivity index (χ2n) is 5.56. The first-order chi connectivity index (χ1) is 12.6. The molecule has 0 saturated carbocycles. The lowest BCUT2D eigenvalue weighted by Gasteiger charge is -2.22. The summed E-state index contributed by atoms with van der Waals surface area (Å²) in [6, 6.07) is 14.9. The minimum absolute atomic E-state index is 0.292. The van der Waals surface area contributed by atoms with Crippen LogP contribution in [0.3, 0.4) is 0 Å². The third kappa shape index (κ3) is 5.39. The lowest BCUT2D eigenvalue weighted by Crippen LogP contribution is -2.24. The maximum absolute atomic E-state index is 13.3. The molecule has 0 bridgehead atoms. The number of nitrogens with zero attached hydrogens (tertiary/aromatic N) is 2. The third-order valence-electron chi connectivity index (χ3n) is 3.79. The van der Waals surface area contributed by atoms with Crippen LogP contribution in [0.4, 0.5) is 10.1 Å². The van der Waals surface area contributed by atoms with Gasteiger partial charge < -0.3 is 4.74 Å². The Balaban J connectivity index is 2.41. The molecule has 0 spiro atoms.